The van der Waals surface area contributed by atoms with E-state index in [1.54, 1.807) is 12.2 Å². The van der Waals surface area contributed by atoms with Crippen LogP contribution in [0.5, 0.6) is 0 Å². The molecule has 0 aliphatic carbocycles. The Labute approximate surface area is 160 Å². The summed E-state index contributed by atoms with van der Waals surface area (Å²) in [4.78, 5) is 11.9. The number of methoxy groups -OCH3 is 1. The average molecular weight is 400 g/mol. The van der Waals surface area contributed by atoms with Gasteiger partial charge in [-0.25, -0.2) is 0 Å². The lowest BCUT2D eigenvalue weighted by Crippen LogP contribution is -2.18. The Morgan fingerprint density at radius 3 is 2.52 bits per heavy atom. The molecule has 134 valence electrons. The molecule has 0 saturated heterocycles. The number of halogens is 2. The average Bonchev–Trinajstić information content (AvgIpc) is 2.62. The highest BCUT2D eigenvalue weighted by Gasteiger charge is 2.16. The zero-order valence-corrected chi connectivity index (χ0v) is 16.3. The van der Waals surface area contributed by atoms with Crippen molar-refractivity contribution in [2.75, 3.05) is 7.11 Å². The van der Waals surface area contributed by atoms with E-state index in [4.69, 9.17) is 27.9 Å². The summed E-state index contributed by atoms with van der Waals surface area (Å²) in [6.45, 7) is 5.52. The maximum atomic E-state index is 12.2. The summed E-state index contributed by atoms with van der Waals surface area (Å²) >= 11 is 11.9. The molecule has 1 amide bonds. The maximum Gasteiger partial charge on any atom is 0.268 e. The van der Waals surface area contributed by atoms with Crippen LogP contribution in [0.25, 0.3) is 0 Å². The predicted octanol–water partition coefficient (Wildman–Crippen LogP) is 4.24. The number of hydrogen-bond donors (Lipinski definition) is 1. The molecule has 0 aromatic heterocycles. The van der Waals surface area contributed by atoms with Crippen LogP contribution in [0.15, 0.2) is 70.4 Å². The highest BCUT2D eigenvalue weighted by molar-refractivity contribution is 7.90. The Morgan fingerprint density at radius 1 is 1.32 bits per heavy atom. The summed E-state index contributed by atoms with van der Waals surface area (Å²) in [5, 5.41) is 2.12. The van der Waals surface area contributed by atoms with Gasteiger partial charge in [-0.1, -0.05) is 59.6 Å². The fraction of sp³-hybridized carbons (Fsp3) is 0.167. The molecule has 0 bridgehead atoms. The van der Waals surface area contributed by atoms with Gasteiger partial charge in [-0.2, -0.15) is 0 Å². The second-order valence-corrected chi connectivity index (χ2v) is 7.24. The second-order valence-electron chi connectivity index (χ2n) is 4.87. The van der Waals surface area contributed by atoms with E-state index in [0.29, 0.717) is 5.76 Å². The van der Waals surface area contributed by atoms with Crippen LogP contribution < -0.4 is 5.32 Å². The first-order valence-corrected chi connectivity index (χ1v) is 9.29. The van der Waals surface area contributed by atoms with E-state index in [1.165, 1.54) is 19.4 Å². The number of aryl methyl sites for hydroxylation is 1. The van der Waals surface area contributed by atoms with Crippen LogP contribution in [0.4, 0.5) is 0 Å². The smallest absolute Gasteiger partial charge is 0.268 e. The van der Waals surface area contributed by atoms with Crippen molar-refractivity contribution in [3.63, 3.8) is 0 Å². The van der Waals surface area contributed by atoms with Crippen LogP contribution in [0, 0.1) is 6.92 Å². The van der Waals surface area contributed by atoms with Crippen molar-refractivity contribution in [1.82, 2.24) is 5.32 Å². The van der Waals surface area contributed by atoms with E-state index in [0.717, 1.165) is 11.1 Å². The summed E-state index contributed by atoms with van der Waals surface area (Å²) < 4.78 is 17.0. The van der Waals surface area contributed by atoms with Gasteiger partial charge in [-0.05, 0) is 30.7 Å². The molecule has 0 saturated carbocycles. The van der Waals surface area contributed by atoms with Crippen molar-refractivity contribution in [2.24, 2.45) is 0 Å². The number of ether oxygens (including phenoxy) is 1. The highest BCUT2D eigenvalue weighted by Crippen LogP contribution is 2.21. The van der Waals surface area contributed by atoms with Gasteiger partial charge in [0.25, 0.3) is 5.91 Å². The van der Waals surface area contributed by atoms with Crippen LogP contribution in [-0.4, -0.2) is 17.2 Å². The van der Waals surface area contributed by atoms with E-state index in [9.17, 15) is 9.00 Å². The first-order chi connectivity index (χ1) is 11.9. The standard InChI is InChI=1S/C18H19Cl2NO3S/c1-4-15(24-3)6-5-11-21-18(22)16(19)17(20)25(23)12-14-9-7-13(2)8-10-14/h4-11H,1,12H2,2-3H3,(H,21,22)/b11-5+,15-6+,17-16+. The molecule has 0 aliphatic heterocycles. The van der Waals surface area contributed by atoms with Gasteiger partial charge in [0.1, 0.15) is 15.2 Å². The quantitative estimate of drug-likeness (QED) is 0.404. The summed E-state index contributed by atoms with van der Waals surface area (Å²) in [5.74, 6) is 0.0630. The van der Waals surface area contributed by atoms with Crippen molar-refractivity contribution < 1.29 is 13.7 Å². The molecule has 1 aromatic carbocycles. The lowest BCUT2D eigenvalue weighted by atomic mass is 10.2. The van der Waals surface area contributed by atoms with E-state index in [2.05, 4.69) is 11.9 Å². The van der Waals surface area contributed by atoms with Gasteiger partial charge in [-0.15, -0.1) is 0 Å². The molecule has 25 heavy (non-hydrogen) atoms. The van der Waals surface area contributed by atoms with Crippen molar-refractivity contribution in [3.8, 4) is 0 Å². The number of carbonyl (C=O) groups is 1. The molecule has 0 fully saturated rings. The molecule has 0 aliphatic rings. The Balaban J connectivity index is 2.71. The largest absolute Gasteiger partial charge is 0.497 e. The SMILES string of the molecule is C=C/C(=C\C=C\NC(=O)/C(Cl)=C(/Cl)S(=O)Cc1ccc(C)cc1)OC. The van der Waals surface area contributed by atoms with Crippen LogP contribution in [-0.2, 0) is 26.1 Å². The lowest BCUT2D eigenvalue weighted by molar-refractivity contribution is -0.116. The summed E-state index contributed by atoms with van der Waals surface area (Å²) in [6, 6.07) is 7.53. The minimum absolute atomic E-state index is 0.178. The van der Waals surface area contributed by atoms with Gasteiger partial charge in [-0.3, -0.25) is 9.00 Å². The summed E-state index contributed by atoms with van der Waals surface area (Å²) in [7, 11) is -0.105. The van der Waals surface area contributed by atoms with Gasteiger partial charge in [0, 0.05) is 6.20 Å². The van der Waals surface area contributed by atoms with Crippen molar-refractivity contribution >= 4 is 39.9 Å². The Morgan fingerprint density at radius 2 is 1.96 bits per heavy atom. The first-order valence-electron chi connectivity index (χ1n) is 7.22. The second kappa shape index (κ2) is 10.9. The molecule has 1 aromatic rings. The van der Waals surface area contributed by atoms with Crippen molar-refractivity contribution in [3.05, 3.63) is 81.6 Å². The third-order valence-electron chi connectivity index (χ3n) is 3.00. The molecule has 1 rings (SSSR count). The zero-order chi connectivity index (χ0) is 18.8. The Bertz CT molecular complexity index is 737. The predicted molar refractivity (Wildman–Crippen MR) is 104 cm³/mol. The molecule has 0 radical (unpaired) electrons. The molecule has 7 heteroatoms. The number of amides is 1. The zero-order valence-electron chi connectivity index (χ0n) is 13.9. The molecule has 0 spiro atoms. The third-order valence-corrected chi connectivity index (χ3v) is 5.47. The number of carbonyl (C=O) groups excluding carboxylic acids is 1. The Hall–Kier alpha value is -1.82. The maximum absolute atomic E-state index is 12.2. The monoisotopic (exact) mass is 399 g/mol. The molecule has 1 unspecified atom stereocenters. The van der Waals surface area contributed by atoms with Gasteiger partial charge in [0.15, 0.2) is 0 Å². The molecule has 1 N–H and O–H groups in total. The van der Waals surface area contributed by atoms with Gasteiger partial charge < -0.3 is 10.1 Å². The minimum Gasteiger partial charge on any atom is -0.497 e. The summed E-state index contributed by atoms with van der Waals surface area (Å²) in [5.41, 5.74) is 1.94. The van der Waals surface area contributed by atoms with E-state index in [1.807, 2.05) is 31.2 Å². The fourth-order valence-electron chi connectivity index (χ4n) is 1.64. The van der Waals surface area contributed by atoms with Gasteiger partial charge in [0.05, 0.1) is 23.7 Å². The normalized spacial score (nSPS) is 14.0. The van der Waals surface area contributed by atoms with E-state index >= 15 is 0 Å². The first kappa shape index (κ1) is 21.2. The summed E-state index contributed by atoms with van der Waals surface area (Å²) in [6.07, 6.45) is 6.02. The topological polar surface area (TPSA) is 55.4 Å². The number of rotatable bonds is 8. The molecular weight excluding hydrogens is 381 g/mol. The van der Waals surface area contributed by atoms with Crippen molar-refractivity contribution in [2.45, 2.75) is 12.7 Å². The van der Waals surface area contributed by atoms with Crippen LogP contribution in [0.1, 0.15) is 11.1 Å². The van der Waals surface area contributed by atoms with Crippen LogP contribution >= 0.6 is 23.2 Å². The fourth-order valence-corrected chi connectivity index (χ4v) is 3.11. The van der Waals surface area contributed by atoms with Crippen LogP contribution in [0.2, 0.25) is 0 Å². The number of nitrogens with one attached hydrogen (secondary N) is 1. The van der Waals surface area contributed by atoms with Crippen molar-refractivity contribution in [1.29, 1.82) is 0 Å². The molecule has 4 nitrogen and oxygen atoms in total. The Kier molecular flexibility index (Phi) is 9.27. The number of benzene rings is 1. The molecule has 1 atom stereocenters. The third kappa shape index (κ3) is 7.30. The lowest BCUT2D eigenvalue weighted by Gasteiger charge is -2.05. The number of allylic oxidation sites excluding steroid dienone is 3. The number of hydrogen-bond acceptors (Lipinski definition) is 3. The van der Waals surface area contributed by atoms with Crippen LogP contribution in [0.3, 0.4) is 0 Å². The highest BCUT2D eigenvalue weighted by atomic mass is 35.5. The molecule has 0 heterocycles. The van der Waals surface area contributed by atoms with E-state index < -0.39 is 16.7 Å². The minimum atomic E-state index is -1.61. The molecular formula is C18H19Cl2NO3S. The van der Waals surface area contributed by atoms with E-state index in [-0.39, 0.29) is 15.1 Å². The van der Waals surface area contributed by atoms with Gasteiger partial charge in [0.2, 0.25) is 0 Å². The van der Waals surface area contributed by atoms with Gasteiger partial charge >= 0.3 is 0 Å².